The summed E-state index contributed by atoms with van der Waals surface area (Å²) in [5.41, 5.74) is 2.64. The highest BCUT2D eigenvalue weighted by molar-refractivity contribution is 7.80. The third kappa shape index (κ3) is 6.92. The maximum absolute atomic E-state index is 12.6. The van der Waals surface area contributed by atoms with Gasteiger partial charge in [-0.1, -0.05) is 50.2 Å². The van der Waals surface area contributed by atoms with Crippen LogP contribution in [0.3, 0.4) is 0 Å². The van der Waals surface area contributed by atoms with Crippen LogP contribution < -0.4 is 20.7 Å². The first-order valence-corrected chi connectivity index (χ1v) is 10.6. The SMILES string of the molecule is CC(C)C(=O)Nc1cccc(NC(=S)NC(=O)c2cccc(COc3ccccc3)c2)c1. The largest absolute Gasteiger partial charge is 0.489 e. The molecule has 0 saturated heterocycles. The zero-order valence-corrected chi connectivity index (χ0v) is 18.7. The van der Waals surface area contributed by atoms with Gasteiger partial charge in [0.1, 0.15) is 12.4 Å². The molecule has 0 fully saturated rings. The molecule has 6 nitrogen and oxygen atoms in total. The lowest BCUT2D eigenvalue weighted by molar-refractivity contribution is -0.118. The maximum atomic E-state index is 12.6. The van der Waals surface area contributed by atoms with Crippen molar-refractivity contribution in [3.05, 3.63) is 90.0 Å². The number of anilines is 2. The van der Waals surface area contributed by atoms with Gasteiger partial charge in [0.2, 0.25) is 5.91 Å². The Bertz CT molecular complexity index is 1100. The summed E-state index contributed by atoms with van der Waals surface area (Å²) >= 11 is 5.28. The molecule has 0 aliphatic heterocycles. The van der Waals surface area contributed by atoms with Crippen LogP contribution in [0.15, 0.2) is 78.9 Å². The molecule has 0 aromatic heterocycles. The number of nitrogens with one attached hydrogen (secondary N) is 3. The molecule has 0 aliphatic rings. The van der Waals surface area contributed by atoms with Crippen molar-refractivity contribution in [1.82, 2.24) is 5.32 Å². The lowest BCUT2D eigenvalue weighted by Gasteiger charge is -2.12. The highest BCUT2D eigenvalue weighted by Gasteiger charge is 2.10. The summed E-state index contributed by atoms with van der Waals surface area (Å²) in [5.74, 6) is 0.239. The van der Waals surface area contributed by atoms with Crippen LogP contribution in [0.25, 0.3) is 0 Å². The van der Waals surface area contributed by atoms with Crippen molar-refractivity contribution in [2.75, 3.05) is 10.6 Å². The van der Waals surface area contributed by atoms with E-state index in [4.69, 9.17) is 17.0 Å². The van der Waals surface area contributed by atoms with Gasteiger partial charge in [0.05, 0.1) is 0 Å². The van der Waals surface area contributed by atoms with E-state index in [0.29, 0.717) is 23.5 Å². The van der Waals surface area contributed by atoms with Gasteiger partial charge in [-0.05, 0) is 60.2 Å². The van der Waals surface area contributed by atoms with Gasteiger partial charge >= 0.3 is 0 Å². The Balaban J connectivity index is 1.56. The molecule has 3 aromatic rings. The van der Waals surface area contributed by atoms with Gasteiger partial charge in [-0.3, -0.25) is 14.9 Å². The molecule has 2 amide bonds. The molecule has 0 unspecified atom stereocenters. The van der Waals surface area contributed by atoms with Crippen LogP contribution in [0.4, 0.5) is 11.4 Å². The second-order valence-corrected chi connectivity index (χ2v) is 7.84. The van der Waals surface area contributed by atoms with Crippen LogP contribution in [-0.2, 0) is 11.4 Å². The Morgan fingerprint density at radius 2 is 1.56 bits per heavy atom. The fraction of sp³-hybridized carbons (Fsp3) is 0.160. The minimum atomic E-state index is -0.326. The Labute approximate surface area is 193 Å². The zero-order valence-electron chi connectivity index (χ0n) is 17.9. The standard InChI is InChI=1S/C25H25N3O3S/c1-17(2)23(29)26-20-10-7-11-21(15-20)27-25(32)28-24(30)19-9-6-8-18(14-19)16-31-22-12-4-3-5-13-22/h3-15,17H,16H2,1-2H3,(H,26,29)(H2,27,28,30,32). The summed E-state index contributed by atoms with van der Waals surface area (Å²) in [7, 11) is 0. The first kappa shape index (κ1) is 23.0. The summed E-state index contributed by atoms with van der Waals surface area (Å²) in [4.78, 5) is 24.5. The molecule has 0 atom stereocenters. The number of hydrogen-bond acceptors (Lipinski definition) is 4. The molecule has 3 rings (SSSR count). The third-order valence-electron chi connectivity index (χ3n) is 4.48. The number of amides is 2. The van der Waals surface area contributed by atoms with Gasteiger partial charge in [0, 0.05) is 22.9 Å². The molecule has 0 bridgehead atoms. The molecule has 3 aromatic carbocycles. The molecule has 32 heavy (non-hydrogen) atoms. The quantitative estimate of drug-likeness (QED) is 0.445. The number of para-hydroxylation sites is 1. The topological polar surface area (TPSA) is 79.5 Å². The second-order valence-electron chi connectivity index (χ2n) is 7.44. The Morgan fingerprint density at radius 3 is 2.28 bits per heavy atom. The van der Waals surface area contributed by atoms with E-state index in [9.17, 15) is 9.59 Å². The minimum Gasteiger partial charge on any atom is -0.489 e. The van der Waals surface area contributed by atoms with Crippen LogP contribution >= 0.6 is 12.2 Å². The van der Waals surface area contributed by atoms with Crippen LogP contribution in [0.2, 0.25) is 0 Å². The highest BCUT2D eigenvalue weighted by Crippen LogP contribution is 2.16. The van der Waals surface area contributed by atoms with Crippen LogP contribution in [0.5, 0.6) is 5.75 Å². The van der Waals surface area contributed by atoms with Crippen LogP contribution in [0, 0.1) is 5.92 Å². The fourth-order valence-electron chi connectivity index (χ4n) is 2.78. The van der Waals surface area contributed by atoms with Gasteiger partial charge in [0.15, 0.2) is 5.11 Å². The molecule has 3 N–H and O–H groups in total. The number of ether oxygens (including phenoxy) is 1. The van der Waals surface area contributed by atoms with E-state index in [1.807, 2.05) is 50.2 Å². The number of carbonyl (C=O) groups excluding carboxylic acids is 2. The van der Waals surface area contributed by atoms with Gasteiger partial charge in [-0.15, -0.1) is 0 Å². The van der Waals surface area contributed by atoms with E-state index < -0.39 is 0 Å². The van der Waals surface area contributed by atoms with E-state index in [-0.39, 0.29) is 22.8 Å². The van der Waals surface area contributed by atoms with Crippen LogP contribution in [0.1, 0.15) is 29.8 Å². The average Bonchev–Trinajstić information content (AvgIpc) is 2.78. The Morgan fingerprint density at radius 1 is 0.875 bits per heavy atom. The molecule has 7 heteroatoms. The van der Waals surface area contributed by atoms with Crippen molar-refractivity contribution >= 4 is 40.5 Å². The lowest BCUT2D eigenvalue weighted by atomic mass is 10.1. The fourth-order valence-corrected chi connectivity index (χ4v) is 3.00. The van der Waals surface area contributed by atoms with Crippen molar-refractivity contribution in [2.45, 2.75) is 20.5 Å². The lowest BCUT2D eigenvalue weighted by Crippen LogP contribution is -2.34. The number of hydrogen-bond donors (Lipinski definition) is 3. The maximum Gasteiger partial charge on any atom is 0.257 e. The second kappa shape index (κ2) is 11.1. The summed E-state index contributed by atoms with van der Waals surface area (Å²) < 4.78 is 5.74. The van der Waals surface area contributed by atoms with Crippen molar-refractivity contribution in [1.29, 1.82) is 0 Å². The predicted octanol–water partition coefficient (Wildman–Crippen LogP) is 4.99. The van der Waals surface area contributed by atoms with Crippen molar-refractivity contribution in [2.24, 2.45) is 5.92 Å². The average molecular weight is 448 g/mol. The smallest absolute Gasteiger partial charge is 0.257 e. The van der Waals surface area contributed by atoms with E-state index in [1.54, 1.807) is 42.5 Å². The van der Waals surface area contributed by atoms with E-state index in [2.05, 4.69) is 16.0 Å². The molecule has 0 radical (unpaired) electrons. The summed E-state index contributed by atoms with van der Waals surface area (Å²) in [6.45, 7) is 4.00. The van der Waals surface area contributed by atoms with Crippen LogP contribution in [-0.4, -0.2) is 16.9 Å². The summed E-state index contributed by atoms with van der Waals surface area (Å²) in [6, 6.07) is 23.8. The molecule has 0 heterocycles. The van der Waals surface area contributed by atoms with E-state index in [1.165, 1.54) is 0 Å². The molecule has 0 aliphatic carbocycles. The Kier molecular flexibility index (Phi) is 7.94. The summed E-state index contributed by atoms with van der Waals surface area (Å²) in [6.07, 6.45) is 0. The van der Waals surface area contributed by atoms with Crippen molar-refractivity contribution in [3.63, 3.8) is 0 Å². The number of thiocarbonyl (C=S) groups is 1. The van der Waals surface area contributed by atoms with Gasteiger partial charge in [-0.25, -0.2) is 0 Å². The molecular weight excluding hydrogens is 422 g/mol. The van der Waals surface area contributed by atoms with Gasteiger partial charge < -0.3 is 15.4 Å². The summed E-state index contributed by atoms with van der Waals surface area (Å²) in [5, 5.41) is 8.64. The highest BCUT2D eigenvalue weighted by atomic mass is 32.1. The van der Waals surface area contributed by atoms with Crippen molar-refractivity contribution < 1.29 is 14.3 Å². The van der Waals surface area contributed by atoms with E-state index in [0.717, 1.165) is 11.3 Å². The first-order valence-electron chi connectivity index (χ1n) is 10.2. The first-order chi connectivity index (χ1) is 15.4. The number of benzene rings is 3. The molecule has 0 spiro atoms. The van der Waals surface area contributed by atoms with Gasteiger partial charge in [-0.2, -0.15) is 0 Å². The molecule has 164 valence electrons. The van der Waals surface area contributed by atoms with Crippen molar-refractivity contribution in [3.8, 4) is 5.75 Å². The molecular formula is C25H25N3O3S. The number of rotatable bonds is 7. The Hall–Kier alpha value is -3.71. The third-order valence-corrected chi connectivity index (χ3v) is 4.68. The molecule has 0 saturated carbocycles. The number of carbonyl (C=O) groups is 2. The van der Waals surface area contributed by atoms with Gasteiger partial charge in [0.25, 0.3) is 5.91 Å². The zero-order chi connectivity index (χ0) is 22.9. The van der Waals surface area contributed by atoms with E-state index >= 15 is 0 Å². The normalized spacial score (nSPS) is 10.3. The minimum absolute atomic E-state index is 0.0749. The monoisotopic (exact) mass is 447 g/mol. The predicted molar refractivity (Wildman–Crippen MR) is 131 cm³/mol.